The maximum atomic E-state index is 12.8. The van der Waals surface area contributed by atoms with Crippen molar-refractivity contribution in [2.45, 2.75) is 138 Å². The number of nitrogens with zero attached hydrogens (tertiary/aromatic N) is 4. The van der Waals surface area contributed by atoms with E-state index in [1.54, 1.807) is 66.2 Å². The van der Waals surface area contributed by atoms with E-state index in [0.29, 0.717) is 31.4 Å². The van der Waals surface area contributed by atoms with Gasteiger partial charge in [0.1, 0.15) is 22.6 Å². The van der Waals surface area contributed by atoms with Gasteiger partial charge in [-0.05, 0) is 73.1 Å². The van der Waals surface area contributed by atoms with Crippen molar-refractivity contribution in [3.05, 3.63) is 27.2 Å². The molecule has 2 saturated carbocycles. The Balaban J connectivity index is 0.000000290. The van der Waals surface area contributed by atoms with Crippen LogP contribution in [0.15, 0.2) is 21.1 Å². The molecule has 300 valence electrons. The number of aryl methyl sites for hydroxylation is 1. The zero-order valence-corrected chi connectivity index (χ0v) is 35.3. The van der Waals surface area contributed by atoms with E-state index in [1.165, 1.54) is 22.7 Å². The predicted octanol–water partition coefficient (Wildman–Crippen LogP) is 6.55. The van der Waals surface area contributed by atoms with Gasteiger partial charge < -0.3 is 34.4 Å². The molecule has 0 aromatic carbocycles. The smallest absolute Gasteiger partial charge is 0.362 e. The van der Waals surface area contributed by atoms with Crippen LogP contribution in [0.25, 0.3) is 0 Å². The molecule has 2 aliphatic rings. The lowest BCUT2D eigenvalue weighted by Gasteiger charge is -2.49. The van der Waals surface area contributed by atoms with Crippen molar-refractivity contribution in [3.8, 4) is 0 Å². The average molecular weight is 794 g/mol. The van der Waals surface area contributed by atoms with Crippen LogP contribution in [0.5, 0.6) is 0 Å². The minimum absolute atomic E-state index is 0.0474. The Hall–Kier alpha value is -4.12. The van der Waals surface area contributed by atoms with Crippen LogP contribution in [0.2, 0.25) is 0 Å². The number of ether oxygens (including phenoxy) is 4. The van der Waals surface area contributed by atoms with Crippen molar-refractivity contribution in [1.82, 2.24) is 9.97 Å². The number of anilines is 1. The second kappa shape index (κ2) is 16.7. The summed E-state index contributed by atoms with van der Waals surface area (Å²) >= 11 is 2.55. The van der Waals surface area contributed by atoms with Gasteiger partial charge in [-0.2, -0.15) is 0 Å². The average Bonchev–Trinajstić information content (AvgIpc) is 3.61. The Kier molecular flexibility index (Phi) is 13.7. The van der Waals surface area contributed by atoms with Gasteiger partial charge in [0.05, 0.1) is 18.2 Å². The number of carbonyl (C=O) groups is 4. The fraction of sp³-hybridized carbons (Fsp3) is 0.676. The highest BCUT2D eigenvalue weighted by atomic mass is 32.1. The van der Waals surface area contributed by atoms with Crippen molar-refractivity contribution in [3.63, 3.8) is 0 Å². The van der Waals surface area contributed by atoms with Crippen LogP contribution in [0.3, 0.4) is 0 Å². The molecule has 0 atom stereocenters. The normalized spacial score (nSPS) is 18.4. The van der Waals surface area contributed by atoms with Crippen molar-refractivity contribution in [1.29, 1.82) is 0 Å². The van der Waals surface area contributed by atoms with E-state index in [9.17, 15) is 19.2 Å². The van der Waals surface area contributed by atoms with Crippen molar-refractivity contribution in [2.75, 3.05) is 18.9 Å². The zero-order valence-electron chi connectivity index (χ0n) is 33.7. The molecule has 2 heterocycles. The minimum Gasteiger partial charge on any atom is -0.461 e. The summed E-state index contributed by atoms with van der Waals surface area (Å²) in [6.07, 6.45) is 1.75. The molecule has 0 bridgehead atoms. The van der Waals surface area contributed by atoms with Gasteiger partial charge in [-0.3, -0.25) is 0 Å². The first kappa shape index (κ1) is 44.3. The molecule has 2 aliphatic carbocycles. The molecule has 0 unspecified atom stereocenters. The Labute approximate surface area is 325 Å². The van der Waals surface area contributed by atoms with Gasteiger partial charge in [-0.25, -0.2) is 29.1 Å². The number of carbonyl (C=O) groups excluding carboxylic acids is 4. The van der Waals surface area contributed by atoms with E-state index in [4.69, 9.17) is 34.4 Å². The number of hydrogen-bond donors (Lipinski definition) is 1. The highest BCUT2D eigenvalue weighted by Crippen LogP contribution is 2.52. The first-order valence-corrected chi connectivity index (χ1v) is 19.5. The number of esters is 4. The van der Waals surface area contributed by atoms with Gasteiger partial charge in [0.2, 0.25) is 22.6 Å². The largest absolute Gasteiger partial charge is 0.461 e. The number of thiazole rings is 2. The second-order valence-corrected chi connectivity index (χ2v) is 18.8. The van der Waals surface area contributed by atoms with Crippen molar-refractivity contribution in [2.24, 2.45) is 21.1 Å². The summed E-state index contributed by atoms with van der Waals surface area (Å²) in [5.74, 6) is -2.31. The summed E-state index contributed by atoms with van der Waals surface area (Å²) in [4.78, 5) is 69.7. The molecule has 0 saturated heterocycles. The fourth-order valence-electron chi connectivity index (χ4n) is 6.13. The topological polar surface area (TPSA) is 200 Å². The van der Waals surface area contributed by atoms with E-state index in [1.807, 2.05) is 34.6 Å². The standard InChI is InChI=1S/C19H28N2O5S.C18H27N3O5S/c1-8-24-15(22)14(13-9-27-12(2)20-13)21-26-19(10-18(6,7)11-19)16(23)25-17(3,4)5;1-7-24-13(22)12(11-8-27-15(19)20-11)21-26-18(9-17(5,6)10-18)14(23)25-16(2,3)4/h9H,8,10-11H2,1-7H3;8H,7,9-10H2,1-6H3,(H2,19,20)/b21-14-;21-12-. The van der Waals surface area contributed by atoms with E-state index < -0.39 is 46.3 Å². The molecule has 2 N–H and O–H groups in total. The van der Waals surface area contributed by atoms with Gasteiger partial charge in [-0.15, -0.1) is 22.7 Å². The summed E-state index contributed by atoms with van der Waals surface area (Å²) in [6, 6.07) is 0. The third-order valence-electron chi connectivity index (χ3n) is 7.79. The van der Waals surface area contributed by atoms with E-state index >= 15 is 0 Å². The van der Waals surface area contributed by atoms with Crippen LogP contribution >= 0.6 is 22.7 Å². The van der Waals surface area contributed by atoms with Crippen LogP contribution < -0.4 is 5.73 Å². The van der Waals surface area contributed by atoms with Crippen molar-refractivity contribution < 1.29 is 47.8 Å². The van der Waals surface area contributed by atoms with Gasteiger partial charge in [0, 0.05) is 36.4 Å². The molecular weight excluding hydrogens is 739 g/mol. The first-order valence-electron chi connectivity index (χ1n) is 17.7. The number of nitrogens with two attached hydrogens (primary N) is 1. The monoisotopic (exact) mass is 793 g/mol. The SMILES string of the molecule is CCOC(=O)/C(=N\OC1(C(=O)OC(C)(C)C)CC(C)(C)C1)c1csc(C)n1.CCOC(=O)/C(=N\OC1(C(=O)OC(C)(C)C)CC(C)(C)C1)c1csc(N)n1. The predicted molar refractivity (Wildman–Crippen MR) is 205 cm³/mol. The molecule has 0 amide bonds. The summed E-state index contributed by atoms with van der Waals surface area (Å²) in [5.41, 5.74) is 2.16. The lowest BCUT2D eigenvalue weighted by Crippen LogP contribution is -2.57. The van der Waals surface area contributed by atoms with Gasteiger partial charge in [0.15, 0.2) is 5.13 Å². The van der Waals surface area contributed by atoms with Crippen LogP contribution in [0, 0.1) is 17.8 Å². The van der Waals surface area contributed by atoms with Crippen LogP contribution in [-0.2, 0) is 47.8 Å². The molecule has 2 aromatic heterocycles. The molecule has 2 fully saturated rings. The highest BCUT2D eigenvalue weighted by molar-refractivity contribution is 7.13. The Morgan fingerprint density at radius 1 is 0.704 bits per heavy atom. The third-order valence-corrected chi connectivity index (χ3v) is 9.23. The van der Waals surface area contributed by atoms with Crippen molar-refractivity contribution >= 4 is 63.1 Å². The molecule has 4 rings (SSSR count). The Morgan fingerprint density at radius 2 is 1.07 bits per heavy atom. The number of oxime groups is 2. The summed E-state index contributed by atoms with van der Waals surface area (Å²) in [6.45, 7) is 24.5. The first-order chi connectivity index (χ1) is 24.7. The third kappa shape index (κ3) is 11.9. The fourth-order valence-corrected chi connectivity index (χ4v) is 7.28. The number of nitrogen functional groups attached to an aromatic ring is 1. The lowest BCUT2D eigenvalue weighted by molar-refractivity contribution is -0.214. The Morgan fingerprint density at radius 3 is 1.35 bits per heavy atom. The summed E-state index contributed by atoms with van der Waals surface area (Å²) in [7, 11) is 0. The summed E-state index contributed by atoms with van der Waals surface area (Å²) < 4.78 is 21.1. The highest BCUT2D eigenvalue weighted by Gasteiger charge is 2.60. The molecule has 17 heteroatoms. The van der Waals surface area contributed by atoms with Crippen LogP contribution in [0.1, 0.15) is 125 Å². The molecule has 2 aromatic rings. The maximum absolute atomic E-state index is 12.8. The molecule has 54 heavy (non-hydrogen) atoms. The zero-order chi connectivity index (χ0) is 40.9. The van der Waals surface area contributed by atoms with E-state index in [2.05, 4.69) is 20.3 Å². The van der Waals surface area contributed by atoms with Crippen LogP contribution in [-0.4, -0.2) is 80.9 Å². The van der Waals surface area contributed by atoms with Gasteiger partial charge in [-0.1, -0.05) is 38.0 Å². The lowest BCUT2D eigenvalue weighted by atomic mass is 9.61. The number of aromatic nitrogens is 2. The number of hydrogen-bond acceptors (Lipinski definition) is 17. The minimum atomic E-state index is -1.24. The number of rotatable bonds is 12. The Bertz CT molecular complexity index is 1600. The van der Waals surface area contributed by atoms with Crippen LogP contribution in [0.4, 0.5) is 5.13 Å². The quantitative estimate of drug-likeness (QED) is 0.105. The molecule has 15 nitrogen and oxygen atoms in total. The molecular formula is C37H55N5O10S2. The van der Waals surface area contributed by atoms with E-state index in [-0.39, 0.29) is 46.3 Å². The molecule has 0 spiro atoms. The van der Waals surface area contributed by atoms with Gasteiger partial charge >= 0.3 is 23.9 Å². The maximum Gasteiger partial charge on any atom is 0.362 e. The second-order valence-electron chi connectivity index (χ2n) is 16.9. The van der Waals surface area contributed by atoms with Gasteiger partial charge in [0.25, 0.3) is 0 Å². The summed E-state index contributed by atoms with van der Waals surface area (Å²) in [5, 5.41) is 12.4. The molecule has 0 aliphatic heterocycles. The van der Waals surface area contributed by atoms with E-state index in [0.717, 1.165) is 5.01 Å². The molecule has 0 radical (unpaired) electrons.